The molecule has 0 aliphatic heterocycles. The van der Waals surface area contributed by atoms with Crippen molar-refractivity contribution in [2.75, 3.05) is 4.72 Å². The fourth-order valence-corrected chi connectivity index (χ4v) is 4.16. The van der Waals surface area contributed by atoms with Crippen molar-refractivity contribution in [1.29, 1.82) is 0 Å². The van der Waals surface area contributed by atoms with E-state index < -0.39 is 27.2 Å². The van der Waals surface area contributed by atoms with Crippen molar-refractivity contribution in [3.05, 3.63) is 105 Å². The lowest BCUT2D eigenvalue weighted by Crippen LogP contribution is -2.15. The number of nitrogens with one attached hydrogen (secondary N) is 1. The highest BCUT2D eigenvalue weighted by molar-refractivity contribution is 7.92. The zero-order valence-electron chi connectivity index (χ0n) is 15.6. The molecule has 156 valence electrons. The zero-order chi connectivity index (χ0) is 22.2. The standard InChI is InChI=1S/C22H13ClFNO5S/c23-15-3-10-20-14(11-15)12-19(22(27)30-20)21(26)13-1-6-17(7-2-13)25-31(28,29)18-8-4-16(24)5-9-18/h1-12,25H. The third-order valence-electron chi connectivity index (χ3n) is 4.46. The Hall–Kier alpha value is -3.49. The Morgan fingerprint density at radius 2 is 1.61 bits per heavy atom. The number of ketones is 1. The van der Waals surface area contributed by atoms with Gasteiger partial charge in [-0.2, -0.15) is 0 Å². The van der Waals surface area contributed by atoms with Gasteiger partial charge in [0.15, 0.2) is 5.78 Å². The summed E-state index contributed by atoms with van der Waals surface area (Å²) in [6.07, 6.45) is 0. The summed E-state index contributed by atoms with van der Waals surface area (Å²) in [4.78, 5) is 24.9. The summed E-state index contributed by atoms with van der Waals surface area (Å²) in [5.74, 6) is -1.13. The van der Waals surface area contributed by atoms with E-state index in [1.165, 1.54) is 36.4 Å². The highest BCUT2D eigenvalue weighted by atomic mass is 35.5. The molecule has 9 heteroatoms. The minimum absolute atomic E-state index is 0.110. The summed E-state index contributed by atoms with van der Waals surface area (Å²) in [6, 6.07) is 16.0. The fourth-order valence-electron chi connectivity index (χ4n) is 2.93. The van der Waals surface area contributed by atoms with E-state index in [-0.39, 0.29) is 21.7 Å². The summed E-state index contributed by atoms with van der Waals surface area (Å²) >= 11 is 5.95. The lowest BCUT2D eigenvalue weighted by molar-refractivity contribution is 0.103. The number of rotatable bonds is 5. The molecule has 0 spiro atoms. The molecule has 0 saturated carbocycles. The molecule has 6 nitrogen and oxygen atoms in total. The van der Waals surface area contributed by atoms with E-state index in [2.05, 4.69) is 4.72 Å². The van der Waals surface area contributed by atoms with E-state index in [1.54, 1.807) is 12.1 Å². The Morgan fingerprint density at radius 3 is 2.29 bits per heavy atom. The molecule has 0 aliphatic rings. The molecular formula is C22H13ClFNO5S. The summed E-state index contributed by atoms with van der Waals surface area (Å²) in [5.41, 5.74) is -0.302. The maximum absolute atomic E-state index is 13.0. The first kappa shape index (κ1) is 20.8. The third-order valence-corrected chi connectivity index (χ3v) is 6.09. The van der Waals surface area contributed by atoms with E-state index >= 15 is 0 Å². The first-order chi connectivity index (χ1) is 14.7. The van der Waals surface area contributed by atoms with Gasteiger partial charge in [0.2, 0.25) is 0 Å². The number of carbonyl (C=O) groups is 1. The van der Waals surface area contributed by atoms with Crippen molar-refractivity contribution in [1.82, 2.24) is 0 Å². The van der Waals surface area contributed by atoms with Crippen molar-refractivity contribution >= 4 is 44.1 Å². The van der Waals surface area contributed by atoms with Gasteiger partial charge in [0.1, 0.15) is 17.0 Å². The molecule has 0 radical (unpaired) electrons. The number of carbonyl (C=O) groups excluding carboxylic acids is 1. The average molecular weight is 458 g/mol. The number of benzene rings is 3. The maximum Gasteiger partial charge on any atom is 0.347 e. The van der Waals surface area contributed by atoms with Crippen LogP contribution in [-0.4, -0.2) is 14.2 Å². The Balaban J connectivity index is 1.60. The van der Waals surface area contributed by atoms with E-state index in [4.69, 9.17) is 16.0 Å². The van der Waals surface area contributed by atoms with Crippen LogP contribution in [0.25, 0.3) is 11.0 Å². The second-order valence-corrected chi connectivity index (χ2v) is 8.71. The van der Waals surface area contributed by atoms with Crippen LogP contribution in [0.1, 0.15) is 15.9 Å². The highest BCUT2D eigenvalue weighted by Gasteiger charge is 2.18. The molecule has 4 aromatic rings. The minimum Gasteiger partial charge on any atom is -0.422 e. The molecule has 0 bridgehead atoms. The van der Waals surface area contributed by atoms with Gasteiger partial charge in [-0.1, -0.05) is 11.6 Å². The lowest BCUT2D eigenvalue weighted by atomic mass is 10.0. The van der Waals surface area contributed by atoms with Gasteiger partial charge in [0.25, 0.3) is 10.0 Å². The first-order valence-electron chi connectivity index (χ1n) is 8.89. The van der Waals surface area contributed by atoms with Crippen LogP contribution in [-0.2, 0) is 10.0 Å². The predicted octanol–water partition coefficient (Wildman–Crippen LogP) is 4.62. The molecule has 1 heterocycles. The third kappa shape index (κ3) is 4.35. The van der Waals surface area contributed by atoms with E-state index in [0.717, 1.165) is 24.3 Å². The van der Waals surface area contributed by atoms with Gasteiger partial charge in [0.05, 0.1) is 4.90 Å². The zero-order valence-corrected chi connectivity index (χ0v) is 17.2. The van der Waals surface area contributed by atoms with Crippen LogP contribution in [0.15, 0.2) is 86.9 Å². The summed E-state index contributed by atoms with van der Waals surface area (Å²) in [5, 5.41) is 0.927. The largest absolute Gasteiger partial charge is 0.422 e. The lowest BCUT2D eigenvalue weighted by Gasteiger charge is -2.09. The van der Waals surface area contributed by atoms with Gasteiger partial charge in [-0.25, -0.2) is 17.6 Å². The Kier molecular flexibility index (Phi) is 5.34. The molecule has 4 rings (SSSR count). The molecule has 1 aromatic heterocycles. The molecule has 0 aliphatic carbocycles. The van der Waals surface area contributed by atoms with Gasteiger partial charge < -0.3 is 4.42 Å². The van der Waals surface area contributed by atoms with E-state index in [0.29, 0.717) is 16.0 Å². The van der Waals surface area contributed by atoms with Crippen LogP contribution in [0.5, 0.6) is 0 Å². The molecule has 0 saturated heterocycles. The van der Waals surface area contributed by atoms with Crippen molar-refractivity contribution in [2.24, 2.45) is 0 Å². The SMILES string of the molecule is O=C(c1ccc(NS(=O)(=O)c2ccc(F)cc2)cc1)c1cc2cc(Cl)ccc2oc1=O. The summed E-state index contributed by atoms with van der Waals surface area (Å²) < 4.78 is 45.3. The number of anilines is 1. The Morgan fingerprint density at radius 1 is 0.935 bits per heavy atom. The summed E-state index contributed by atoms with van der Waals surface area (Å²) in [7, 11) is -3.93. The Labute approximate surface area is 180 Å². The topological polar surface area (TPSA) is 93.4 Å². The van der Waals surface area contributed by atoms with Gasteiger partial charge in [-0.15, -0.1) is 0 Å². The quantitative estimate of drug-likeness (QED) is 0.348. The van der Waals surface area contributed by atoms with Crippen molar-refractivity contribution in [2.45, 2.75) is 4.90 Å². The van der Waals surface area contributed by atoms with Crippen LogP contribution in [0.4, 0.5) is 10.1 Å². The maximum atomic E-state index is 13.0. The van der Waals surface area contributed by atoms with Crippen LogP contribution in [0, 0.1) is 5.82 Å². The molecule has 1 N–H and O–H groups in total. The molecule has 0 atom stereocenters. The molecule has 0 fully saturated rings. The molecule has 0 unspecified atom stereocenters. The number of hydrogen-bond acceptors (Lipinski definition) is 5. The van der Waals surface area contributed by atoms with Gasteiger partial charge >= 0.3 is 5.63 Å². The van der Waals surface area contributed by atoms with Crippen LogP contribution in [0.3, 0.4) is 0 Å². The smallest absolute Gasteiger partial charge is 0.347 e. The van der Waals surface area contributed by atoms with Crippen molar-refractivity contribution in [3.8, 4) is 0 Å². The van der Waals surface area contributed by atoms with Crippen molar-refractivity contribution < 1.29 is 22.0 Å². The molecule has 31 heavy (non-hydrogen) atoms. The van der Waals surface area contributed by atoms with Crippen LogP contribution < -0.4 is 10.3 Å². The number of halogens is 2. The second kappa shape index (κ2) is 7.98. The number of sulfonamides is 1. The summed E-state index contributed by atoms with van der Waals surface area (Å²) in [6.45, 7) is 0. The average Bonchev–Trinajstić information content (AvgIpc) is 2.73. The normalized spacial score (nSPS) is 11.4. The first-order valence-corrected chi connectivity index (χ1v) is 10.8. The van der Waals surface area contributed by atoms with Crippen LogP contribution >= 0.6 is 11.6 Å². The molecule has 0 amide bonds. The number of hydrogen-bond donors (Lipinski definition) is 1. The second-order valence-electron chi connectivity index (χ2n) is 6.60. The highest BCUT2D eigenvalue weighted by Crippen LogP contribution is 2.21. The van der Waals surface area contributed by atoms with Gasteiger partial charge in [-0.05, 0) is 72.8 Å². The Bertz CT molecular complexity index is 1460. The van der Waals surface area contributed by atoms with Gasteiger partial charge in [0, 0.05) is 21.7 Å². The minimum atomic E-state index is -3.93. The molecule has 3 aromatic carbocycles. The number of fused-ring (bicyclic) bond motifs is 1. The van der Waals surface area contributed by atoms with Crippen molar-refractivity contribution in [3.63, 3.8) is 0 Å². The van der Waals surface area contributed by atoms with Gasteiger partial charge in [-0.3, -0.25) is 9.52 Å². The van der Waals surface area contributed by atoms with E-state index in [9.17, 15) is 22.4 Å². The molecular weight excluding hydrogens is 445 g/mol. The van der Waals surface area contributed by atoms with E-state index in [1.807, 2.05) is 0 Å². The van der Waals surface area contributed by atoms with Crippen LogP contribution in [0.2, 0.25) is 5.02 Å². The monoisotopic (exact) mass is 457 g/mol. The fraction of sp³-hybridized carbons (Fsp3) is 0. The predicted molar refractivity (Wildman–Crippen MR) is 115 cm³/mol.